The van der Waals surface area contributed by atoms with Crippen LogP contribution in [0.15, 0.2) is 48.6 Å². The number of unbranched alkanes of at least 4 members (excludes halogenated alkanes) is 24. The number of carbonyl (C=O) groups excluding carboxylic acids is 3. The van der Waals surface area contributed by atoms with Gasteiger partial charge in [0.05, 0.1) is 19.8 Å². The number of hydrogen-bond acceptors (Lipinski definition) is 10. The average Bonchev–Trinajstić information content (AvgIpc) is 3.30. The summed E-state index contributed by atoms with van der Waals surface area (Å²) in [5.74, 6) is -1.49. The molecule has 0 aliphatic heterocycles. The molecular weight excluding hydrogens is 856 g/mol. The number of aliphatic hydroxyl groups excluding tert-OH is 1. The molecule has 0 aliphatic carbocycles. The number of ether oxygens (including phenoxy) is 3. The van der Waals surface area contributed by atoms with Gasteiger partial charge in [-0.3, -0.25) is 23.4 Å². The highest BCUT2D eigenvalue weighted by Crippen LogP contribution is 2.43. The van der Waals surface area contributed by atoms with Crippen LogP contribution in [0.1, 0.15) is 239 Å². The van der Waals surface area contributed by atoms with Crippen molar-refractivity contribution in [2.45, 2.75) is 251 Å². The van der Waals surface area contributed by atoms with Crippen LogP contribution in [-0.4, -0.2) is 66.5 Å². The van der Waals surface area contributed by atoms with Gasteiger partial charge in [-0.25, -0.2) is 4.57 Å². The Bertz CT molecular complexity index is 1300. The van der Waals surface area contributed by atoms with E-state index in [4.69, 9.17) is 23.3 Å². The molecule has 3 unspecified atom stereocenters. The van der Waals surface area contributed by atoms with E-state index in [1.165, 1.54) is 70.6 Å². The Morgan fingerprint density at radius 1 is 0.424 bits per heavy atom. The third kappa shape index (κ3) is 46.5. The fourth-order valence-corrected chi connectivity index (χ4v) is 7.91. The first-order valence-electron chi connectivity index (χ1n) is 26.5. The number of carbonyl (C=O) groups is 3. The van der Waals surface area contributed by atoms with Crippen LogP contribution in [0.3, 0.4) is 0 Å². The van der Waals surface area contributed by atoms with Crippen LogP contribution in [0.5, 0.6) is 0 Å². The summed E-state index contributed by atoms with van der Waals surface area (Å²) in [4.78, 5) is 48.3. The molecule has 0 amide bonds. The molecule has 0 aromatic rings. The van der Waals surface area contributed by atoms with Crippen molar-refractivity contribution in [3.05, 3.63) is 48.6 Å². The molecule has 11 nitrogen and oxygen atoms in total. The van der Waals surface area contributed by atoms with Gasteiger partial charge in [-0.15, -0.1) is 0 Å². The maximum atomic E-state index is 12.8. The molecule has 0 spiro atoms. The summed E-state index contributed by atoms with van der Waals surface area (Å²) in [6.07, 6.45) is 49.3. The minimum Gasteiger partial charge on any atom is -0.462 e. The van der Waals surface area contributed by atoms with E-state index in [1.54, 1.807) is 0 Å². The van der Waals surface area contributed by atoms with Crippen molar-refractivity contribution in [1.82, 2.24) is 0 Å². The Kier molecular flexibility index (Phi) is 47.0. The van der Waals surface area contributed by atoms with E-state index in [1.807, 2.05) is 0 Å². The molecule has 12 heteroatoms. The van der Waals surface area contributed by atoms with Crippen LogP contribution in [-0.2, 0) is 42.2 Å². The van der Waals surface area contributed by atoms with E-state index in [2.05, 4.69) is 69.4 Å². The van der Waals surface area contributed by atoms with Crippen LogP contribution in [0.2, 0.25) is 0 Å². The van der Waals surface area contributed by atoms with E-state index < -0.39 is 57.8 Å². The Balaban J connectivity index is 4.75. The normalized spacial score (nSPS) is 13.8. The lowest BCUT2D eigenvalue weighted by Crippen LogP contribution is -2.30. The van der Waals surface area contributed by atoms with Gasteiger partial charge in [0.1, 0.15) is 12.7 Å². The Morgan fingerprint density at radius 2 is 0.773 bits per heavy atom. The summed E-state index contributed by atoms with van der Waals surface area (Å²) < 4.78 is 39.3. The third-order valence-electron chi connectivity index (χ3n) is 11.2. The molecule has 66 heavy (non-hydrogen) atoms. The molecule has 0 radical (unpaired) electrons. The second-order valence-electron chi connectivity index (χ2n) is 17.7. The first-order chi connectivity index (χ1) is 32.2. The standard InChI is InChI=1S/C54H97O11P/c1-4-7-10-13-16-19-22-24-25-27-30-33-36-39-42-45-54(58)65-51(47-61-52(56)43-40-37-34-31-28-21-18-15-12-9-6-3)49-63-66(59,60)62-48-50(46-55)64-53(57)44-41-38-35-32-29-26-23-20-17-14-11-8-5-2/h11,14,16,19-20,23-25,50-51,55H,4-10,12-13,15,17-18,21-22,26-49H2,1-3H3,(H,59,60)/b14-11-,19-16-,23-20-,25-24-. The largest absolute Gasteiger partial charge is 0.472 e. The van der Waals surface area contributed by atoms with Crippen molar-refractivity contribution in [3.8, 4) is 0 Å². The van der Waals surface area contributed by atoms with Crippen LogP contribution in [0, 0.1) is 0 Å². The number of phosphoric acid groups is 1. The van der Waals surface area contributed by atoms with Gasteiger partial charge in [-0.1, -0.05) is 191 Å². The van der Waals surface area contributed by atoms with E-state index >= 15 is 0 Å². The molecule has 2 N–H and O–H groups in total. The van der Waals surface area contributed by atoms with Gasteiger partial charge in [0, 0.05) is 19.3 Å². The topological polar surface area (TPSA) is 155 Å². The number of allylic oxidation sites excluding steroid dienone is 8. The first kappa shape index (κ1) is 63.4. The van der Waals surface area contributed by atoms with E-state index in [0.29, 0.717) is 19.3 Å². The number of aliphatic hydroxyl groups is 1. The molecule has 0 heterocycles. The van der Waals surface area contributed by atoms with Crippen molar-refractivity contribution in [2.24, 2.45) is 0 Å². The lowest BCUT2D eigenvalue weighted by molar-refractivity contribution is -0.161. The summed E-state index contributed by atoms with van der Waals surface area (Å²) in [5.41, 5.74) is 0. The van der Waals surface area contributed by atoms with Crippen molar-refractivity contribution < 1.29 is 52.2 Å². The highest BCUT2D eigenvalue weighted by molar-refractivity contribution is 7.47. The molecular formula is C54H97O11P. The number of esters is 3. The van der Waals surface area contributed by atoms with Gasteiger partial charge in [-0.05, 0) is 77.0 Å². The first-order valence-corrected chi connectivity index (χ1v) is 28.0. The van der Waals surface area contributed by atoms with Crippen LogP contribution >= 0.6 is 7.82 Å². The third-order valence-corrected chi connectivity index (χ3v) is 12.2. The Labute approximate surface area is 403 Å². The lowest BCUT2D eigenvalue weighted by Gasteiger charge is -2.21. The molecule has 0 saturated carbocycles. The average molecular weight is 953 g/mol. The van der Waals surface area contributed by atoms with Crippen molar-refractivity contribution in [3.63, 3.8) is 0 Å². The Morgan fingerprint density at radius 3 is 1.21 bits per heavy atom. The highest BCUT2D eigenvalue weighted by Gasteiger charge is 2.28. The van der Waals surface area contributed by atoms with Gasteiger partial charge in [0.15, 0.2) is 6.10 Å². The maximum absolute atomic E-state index is 12.8. The number of phosphoric ester groups is 1. The molecule has 0 aliphatic rings. The van der Waals surface area contributed by atoms with Crippen LogP contribution in [0.4, 0.5) is 0 Å². The second-order valence-corrected chi connectivity index (χ2v) is 19.1. The van der Waals surface area contributed by atoms with Gasteiger partial charge < -0.3 is 24.2 Å². The minimum absolute atomic E-state index is 0.152. The molecule has 3 atom stereocenters. The van der Waals surface area contributed by atoms with Gasteiger partial charge >= 0.3 is 25.7 Å². The fourth-order valence-electron chi connectivity index (χ4n) is 7.13. The summed E-state index contributed by atoms with van der Waals surface area (Å²) in [5, 5.41) is 9.77. The van der Waals surface area contributed by atoms with Gasteiger partial charge in [0.25, 0.3) is 0 Å². The van der Waals surface area contributed by atoms with E-state index in [0.717, 1.165) is 109 Å². The van der Waals surface area contributed by atoms with E-state index in [-0.39, 0.29) is 25.9 Å². The van der Waals surface area contributed by atoms with Gasteiger partial charge in [-0.2, -0.15) is 0 Å². The van der Waals surface area contributed by atoms with Crippen molar-refractivity contribution in [1.29, 1.82) is 0 Å². The monoisotopic (exact) mass is 953 g/mol. The summed E-state index contributed by atoms with van der Waals surface area (Å²) in [6.45, 7) is 4.51. The second kappa shape index (κ2) is 48.9. The molecule has 0 aromatic carbocycles. The highest BCUT2D eigenvalue weighted by atomic mass is 31.2. The zero-order valence-corrected chi connectivity index (χ0v) is 43.1. The van der Waals surface area contributed by atoms with Crippen molar-refractivity contribution in [2.75, 3.05) is 26.4 Å². The zero-order chi connectivity index (χ0) is 48.4. The zero-order valence-electron chi connectivity index (χ0n) is 42.2. The molecule has 0 fully saturated rings. The molecule has 0 saturated heterocycles. The molecule has 0 bridgehead atoms. The fraction of sp³-hybridized carbons (Fsp3) is 0.796. The SMILES string of the molecule is CCC/C=C\C/C=C\CCCCCCCC(=O)OC(CO)COP(=O)(O)OCC(COC(=O)CCCCCCCCCCCCC)OC(=O)CCCCCCC/C=C\C/C=C\CCCCC. The number of hydrogen-bond donors (Lipinski definition) is 2. The smallest absolute Gasteiger partial charge is 0.462 e. The Hall–Kier alpha value is -2.56. The summed E-state index contributed by atoms with van der Waals surface area (Å²) in [6, 6.07) is 0. The number of rotatable bonds is 49. The summed E-state index contributed by atoms with van der Waals surface area (Å²) >= 11 is 0. The van der Waals surface area contributed by atoms with E-state index in [9.17, 15) is 28.9 Å². The quantitative estimate of drug-likeness (QED) is 0.0197. The molecule has 384 valence electrons. The predicted molar refractivity (Wildman–Crippen MR) is 270 cm³/mol. The maximum Gasteiger partial charge on any atom is 0.472 e. The minimum atomic E-state index is -4.74. The summed E-state index contributed by atoms with van der Waals surface area (Å²) in [7, 11) is -4.74. The predicted octanol–water partition coefficient (Wildman–Crippen LogP) is 15.0. The van der Waals surface area contributed by atoms with Crippen LogP contribution in [0.25, 0.3) is 0 Å². The van der Waals surface area contributed by atoms with Crippen molar-refractivity contribution >= 4 is 25.7 Å². The van der Waals surface area contributed by atoms with Crippen LogP contribution < -0.4 is 0 Å². The lowest BCUT2D eigenvalue weighted by atomic mass is 10.1. The molecule has 0 aromatic heterocycles. The van der Waals surface area contributed by atoms with Gasteiger partial charge in [0.2, 0.25) is 0 Å². The molecule has 0 rings (SSSR count).